The highest BCUT2D eigenvalue weighted by Crippen LogP contribution is 2.08. The van der Waals surface area contributed by atoms with Crippen LogP contribution in [0.1, 0.15) is 24.2 Å². The van der Waals surface area contributed by atoms with Crippen molar-refractivity contribution in [3.8, 4) is 0 Å². The maximum absolute atomic E-state index is 12.9. The lowest BCUT2D eigenvalue weighted by Gasteiger charge is -2.11. The van der Waals surface area contributed by atoms with E-state index in [-0.39, 0.29) is 11.9 Å². The molecule has 17 heavy (non-hydrogen) atoms. The number of halogens is 1. The first-order chi connectivity index (χ1) is 8.25. The molecule has 1 heterocycles. The Balaban J connectivity index is 1.80. The number of aromatic nitrogens is 2. The van der Waals surface area contributed by atoms with E-state index >= 15 is 0 Å². The zero-order chi connectivity index (χ0) is 12.1. The number of hydrogen-bond acceptors (Lipinski definition) is 2. The third-order valence-corrected chi connectivity index (χ3v) is 2.74. The second kappa shape index (κ2) is 5.59. The first-order valence-corrected chi connectivity index (χ1v) is 5.73. The van der Waals surface area contributed by atoms with Gasteiger partial charge in [-0.25, -0.2) is 4.39 Å². The lowest BCUT2D eigenvalue weighted by Crippen LogP contribution is -2.21. The van der Waals surface area contributed by atoms with Gasteiger partial charge >= 0.3 is 0 Å². The second-order valence-electron chi connectivity index (χ2n) is 4.07. The summed E-state index contributed by atoms with van der Waals surface area (Å²) in [4.78, 5) is 0. The van der Waals surface area contributed by atoms with Crippen molar-refractivity contribution in [3.63, 3.8) is 0 Å². The molecule has 3 nitrogen and oxygen atoms in total. The van der Waals surface area contributed by atoms with Gasteiger partial charge in [0, 0.05) is 12.2 Å². The summed E-state index contributed by atoms with van der Waals surface area (Å²) < 4.78 is 12.9. The molecule has 0 aliphatic heterocycles. The van der Waals surface area contributed by atoms with Gasteiger partial charge in [-0.1, -0.05) is 12.1 Å². The number of nitrogens with zero attached hydrogens (tertiary/aromatic N) is 1. The summed E-state index contributed by atoms with van der Waals surface area (Å²) >= 11 is 0. The van der Waals surface area contributed by atoms with E-state index in [1.54, 1.807) is 18.3 Å². The minimum absolute atomic E-state index is 0.177. The maximum Gasteiger partial charge on any atom is 0.123 e. The number of hydrogen-bond donors (Lipinski definition) is 2. The van der Waals surface area contributed by atoms with Gasteiger partial charge in [0.15, 0.2) is 0 Å². The summed E-state index contributed by atoms with van der Waals surface area (Å²) in [5.41, 5.74) is 2.07. The van der Waals surface area contributed by atoms with Crippen LogP contribution in [0.5, 0.6) is 0 Å². The van der Waals surface area contributed by atoms with Crippen LogP contribution in [0.25, 0.3) is 0 Å². The Labute approximate surface area is 100 Å². The molecule has 2 N–H and O–H groups in total. The summed E-state index contributed by atoms with van der Waals surface area (Å²) in [6.45, 7) is 2.88. The Hall–Kier alpha value is -1.68. The molecular weight excluding hydrogens is 217 g/mol. The van der Waals surface area contributed by atoms with Gasteiger partial charge in [0.25, 0.3) is 0 Å². The standard InChI is InChI=1S/C13H16FN3/c1-10(13-6-8-16-17-13)15-7-5-11-3-2-4-12(14)9-11/h2-4,6,8-10,15H,5,7H2,1H3,(H,16,17). The van der Waals surface area contributed by atoms with Crippen molar-refractivity contribution in [1.82, 2.24) is 15.5 Å². The van der Waals surface area contributed by atoms with Crippen molar-refractivity contribution in [1.29, 1.82) is 0 Å². The molecule has 0 spiro atoms. The van der Waals surface area contributed by atoms with Gasteiger partial charge in [-0.15, -0.1) is 0 Å². The van der Waals surface area contributed by atoms with Crippen LogP contribution in [-0.4, -0.2) is 16.7 Å². The van der Waals surface area contributed by atoms with Crippen LogP contribution in [0.15, 0.2) is 36.5 Å². The summed E-state index contributed by atoms with van der Waals surface area (Å²) in [6.07, 6.45) is 2.55. The fraction of sp³-hybridized carbons (Fsp3) is 0.308. The molecule has 0 amide bonds. The Kier molecular flexibility index (Phi) is 3.88. The van der Waals surface area contributed by atoms with E-state index in [1.165, 1.54) is 6.07 Å². The van der Waals surface area contributed by atoms with E-state index in [0.717, 1.165) is 24.2 Å². The highest BCUT2D eigenvalue weighted by molar-refractivity contribution is 5.16. The van der Waals surface area contributed by atoms with E-state index in [9.17, 15) is 4.39 Å². The van der Waals surface area contributed by atoms with Gasteiger partial charge in [-0.3, -0.25) is 5.10 Å². The van der Waals surface area contributed by atoms with E-state index in [4.69, 9.17) is 0 Å². The molecular formula is C13H16FN3. The van der Waals surface area contributed by atoms with Crippen molar-refractivity contribution in [2.75, 3.05) is 6.54 Å². The van der Waals surface area contributed by atoms with Crippen LogP contribution < -0.4 is 5.32 Å². The van der Waals surface area contributed by atoms with E-state index in [1.807, 2.05) is 12.1 Å². The molecule has 0 fully saturated rings. The van der Waals surface area contributed by atoms with Gasteiger partial charge in [-0.05, 0) is 43.7 Å². The third kappa shape index (κ3) is 3.39. The van der Waals surface area contributed by atoms with Crippen molar-refractivity contribution in [2.45, 2.75) is 19.4 Å². The zero-order valence-corrected chi connectivity index (χ0v) is 9.78. The van der Waals surface area contributed by atoms with Gasteiger partial charge in [0.2, 0.25) is 0 Å². The Bertz CT molecular complexity index is 453. The molecule has 1 aromatic heterocycles. The topological polar surface area (TPSA) is 40.7 Å². The summed E-state index contributed by atoms with van der Waals surface area (Å²) in [5, 5.41) is 10.2. The van der Waals surface area contributed by atoms with Crippen LogP contribution in [0.4, 0.5) is 4.39 Å². The van der Waals surface area contributed by atoms with Crippen LogP contribution in [-0.2, 0) is 6.42 Å². The van der Waals surface area contributed by atoms with Crippen LogP contribution >= 0.6 is 0 Å². The number of H-pyrrole nitrogens is 1. The number of rotatable bonds is 5. The van der Waals surface area contributed by atoms with Crippen molar-refractivity contribution >= 4 is 0 Å². The molecule has 90 valence electrons. The molecule has 4 heteroatoms. The molecule has 0 aliphatic rings. The fourth-order valence-corrected chi connectivity index (χ4v) is 1.74. The average Bonchev–Trinajstić information content (AvgIpc) is 2.82. The monoisotopic (exact) mass is 233 g/mol. The highest BCUT2D eigenvalue weighted by Gasteiger charge is 2.05. The highest BCUT2D eigenvalue weighted by atomic mass is 19.1. The van der Waals surface area contributed by atoms with Crippen molar-refractivity contribution in [2.24, 2.45) is 0 Å². The average molecular weight is 233 g/mol. The summed E-state index contributed by atoms with van der Waals surface area (Å²) in [5.74, 6) is -0.177. The Morgan fingerprint density at radius 3 is 3.00 bits per heavy atom. The molecule has 0 aliphatic carbocycles. The predicted molar refractivity (Wildman–Crippen MR) is 65.1 cm³/mol. The molecule has 2 rings (SSSR count). The van der Waals surface area contributed by atoms with Crippen LogP contribution in [0.3, 0.4) is 0 Å². The number of aromatic amines is 1. The molecule has 1 unspecified atom stereocenters. The van der Waals surface area contributed by atoms with Crippen molar-refractivity contribution < 1.29 is 4.39 Å². The van der Waals surface area contributed by atoms with E-state index < -0.39 is 0 Å². The van der Waals surface area contributed by atoms with Gasteiger partial charge in [-0.2, -0.15) is 5.10 Å². The first-order valence-electron chi connectivity index (χ1n) is 5.73. The predicted octanol–water partition coefficient (Wildman–Crippen LogP) is 2.44. The van der Waals surface area contributed by atoms with Crippen molar-refractivity contribution in [3.05, 3.63) is 53.6 Å². The lowest BCUT2D eigenvalue weighted by atomic mass is 10.1. The summed E-state index contributed by atoms with van der Waals surface area (Å²) in [7, 11) is 0. The molecule has 1 atom stereocenters. The lowest BCUT2D eigenvalue weighted by molar-refractivity contribution is 0.561. The molecule has 2 aromatic rings. The third-order valence-electron chi connectivity index (χ3n) is 2.74. The first kappa shape index (κ1) is 11.8. The molecule has 0 saturated heterocycles. The molecule has 0 bridgehead atoms. The van der Waals surface area contributed by atoms with Crippen LogP contribution in [0.2, 0.25) is 0 Å². The molecule has 0 saturated carbocycles. The minimum Gasteiger partial charge on any atom is -0.309 e. The van der Waals surface area contributed by atoms with Crippen LogP contribution in [0, 0.1) is 5.82 Å². The smallest absolute Gasteiger partial charge is 0.123 e. The fourth-order valence-electron chi connectivity index (χ4n) is 1.74. The molecule has 0 radical (unpaired) electrons. The largest absolute Gasteiger partial charge is 0.309 e. The van der Waals surface area contributed by atoms with Gasteiger partial charge in [0.1, 0.15) is 5.82 Å². The van der Waals surface area contributed by atoms with Gasteiger partial charge in [0.05, 0.1) is 5.69 Å². The quantitative estimate of drug-likeness (QED) is 0.832. The SMILES string of the molecule is CC(NCCc1cccc(F)c1)c1ccn[nH]1. The number of benzene rings is 1. The van der Waals surface area contributed by atoms with Gasteiger partial charge < -0.3 is 5.32 Å². The summed E-state index contributed by atoms with van der Waals surface area (Å²) in [6, 6.07) is 8.88. The second-order valence-corrected chi connectivity index (χ2v) is 4.07. The minimum atomic E-state index is -0.177. The normalized spacial score (nSPS) is 12.6. The van der Waals surface area contributed by atoms with E-state index in [0.29, 0.717) is 0 Å². The van der Waals surface area contributed by atoms with E-state index in [2.05, 4.69) is 22.4 Å². The Morgan fingerprint density at radius 1 is 1.41 bits per heavy atom. The molecule has 1 aromatic carbocycles. The Morgan fingerprint density at radius 2 is 2.29 bits per heavy atom. The number of nitrogens with one attached hydrogen (secondary N) is 2. The zero-order valence-electron chi connectivity index (χ0n) is 9.78. The maximum atomic E-state index is 12.9.